The van der Waals surface area contributed by atoms with E-state index in [-0.39, 0.29) is 0 Å². The molecule has 2 aromatic heterocycles. The van der Waals surface area contributed by atoms with Crippen LogP contribution in [0.4, 0.5) is 0 Å². The summed E-state index contributed by atoms with van der Waals surface area (Å²) in [5.74, 6) is 0.970. The van der Waals surface area contributed by atoms with Gasteiger partial charge in [-0.1, -0.05) is 0 Å². The normalized spacial score (nSPS) is 10.5. The van der Waals surface area contributed by atoms with Crippen molar-refractivity contribution in [3.63, 3.8) is 0 Å². The summed E-state index contributed by atoms with van der Waals surface area (Å²) >= 11 is 3.38. The number of nitrogens with zero attached hydrogens (tertiary/aromatic N) is 3. The lowest BCUT2D eigenvalue weighted by molar-refractivity contribution is 0.489. The van der Waals surface area contributed by atoms with Crippen LogP contribution in [0.15, 0.2) is 27.2 Å². The van der Waals surface area contributed by atoms with Crippen molar-refractivity contribution in [3.8, 4) is 11.6 Å². The van der Waals surface area contributed by atoms with E-state index in [1.54, 1.807) is 6.20 Å². The van der Waals surface area contributed by atoms with E-state index >= 15 is 0 Å². The fourth-order valence-electron chi connectivity index (χ4n) is 1.12. The molecule has 0 saturated heterocycles. The zero-order valence-corrected chi connectivity index (χ0v) is 9.65. The van der Waals surface area contributed by atoms with Crippen molar-refractivity contribution >= 4 is 15.9 Å². The molecule has 5 nitrogen and oxygen atoms in total. The highest BCUT2D eigenvalue weighted by atomic mass is 79.9. The maximum atomic E-state index is 5.41. The lowest BCUT2D eigenvalue weighted by atomic mass is 10.3. The molecule has 0 amide bonds. The molecule has 6 heteroatoms. The summed E-state index contributed by atoms with van der Waals surface area (Å²) in [5.41, 5.74) is 0.660. The SMILES string of the molecule is CNCc1nnc(-c2ncccc2Br)o1. The van der Waals surface area contributed by atoms with Crippen LogP contribution in [0.25, 0.3) is 11.6 Å². The molecule has 0 aliphatic rings. The van der Waals surface area contributed by atoms with E-state index in [9.17, 15) is 0 Å². The molecule has 0 spiro atoms. The molecule has 0 unspecified atom stereocenters. The number of halogens is 1. The summed E-state index contributed by atoms with van der Waals surface area (Å²) in [6.45, 7) is 0.553. The summed E-state index contributed by atoms with van der Waals surface area (Å²) in [5, 5.41) is 10.7. The summed E-state index contributed by atoms with van der Waals surface area (Å²) in [4.78, 5) is 4.16. The first-order valence-corrected chi connectivity index (χ1v) is 5.18. The molecular formula is C9H9BrN4O. The van der Waals surface area contributed by atoms with E-state index in [1.807, 2.05) is 19.2 Å². The highest BCUT2D eigenvalue weighted by molar-refractivity contribution is 9.10. The minimum absolute atomic E-state index is 0.424. The Labute approximate surface area is 95.1 Å². The van der Waals surface area contributed by atoms with Gasteiger partial charge in [0.1, 0.15) is 5.69 Å². The van der Waals surface area contributed by atoms with Crippen LogP contribution in [-0.2, 0) is 6.54 Å². The van der Waals surface area contributed by atoms with Crippen molar-refractivity contribution < 1.29 is 4.42 Å². The monoisotopic (exact) mass is 268 g/mol. The van der Waals surface area contributed by atoms with Gasteiger partial charge < -0.3 is 9.73 Å². The number of aromatic nitrogens is 3. The third kappa shape index (κ3) is 2.21. The van der Waals surface area contributed by atoms with Crippen molar-refractivity contribution in [3.05, 3.63) is 28.7 Å². The van der Waals surface area contributed by atoms with Crippen molar-refractivity contribution in [2.75, 3.05) is 7.05 Å². The van der Waals surface area contributed by atoms with Crippen LogP contribution >= 0.6 is 15.9 Å². The third-order valence-corrected chi connectivity index (χ3v) is 2.40. The molecule has 0 atom stereocenters. The summed E-state index contributed by atoms with van der Waals surface area (Å²) < 4.78 is 6.25. The fourth-order valence-corrected chi connectivity index (χ4v) is 1.54. The van der Waals surface area contributed by atoms with Gasteiger partial charge >= 0.3 is 0 Å². The Morgan fingerprint density at radius 1 is 1.47 bits per heavy atom. The lowest BCUT2D eigenvalue weighted by Gasteiger charge is -1.95. The highest BCUT2D eigenvalue weighted by Gasteiger charge is 2.11. The highest BCUT2D eigenvalue weighted by Crippen LogP contribution is 2.23. The average molecular weight is 269 g/mol. The largest absolute Gasteiger partial charge is 0.418 e. The molecular weight excluding hydrogens is 260 g/mol. The molecule has 0 fully saturated rings. The van der Waals surface area contributed by atoms with Crippen molar-refractivity contribution in [1.82, 2.24) is 20.5 Å². The molecule has 1 N–H and O–H groups in total. The number of rotatable bonds is 3. The topological polar surface area (TPSA) is 63.8 Å². The number of pyridine rings is 1. The smallest absolute Gasteiger partial charge is 0.267 e. The number of hydrogen-bond acceptors (Lipinski definition) is 5. The molecule has 0 aliphatic heterocycles. The molecule has 2 rings (SSSR count). The Hall–Kier alpha value is -1.27. The van der Waals surface area contributed by atoms with E-state index in [4.69, 9.17) is 4.42 Å². The van der Waals surface area contributed by atoms with E-state index in [1.165, 1.54) is 0 Å². The Balaban J connectivity index is 2.33. The van der Waals surface area contributed by atoms with Gasteiger partial charge in [0.05, 0.1) is 6.54 Å². The zero-order valence-electron chi connectivity index (χ0n) is 8.07. The van der Waals surface area contributed by atoms with Gasteiger partial charge in [-0.2, -0.15) is 0 Å². The van der Waals surface area contributed by atoms with Gasteiger partial charge in [0, 0.05) is 10.7 Å². The molecule has 0 aromatic carbocycles. The first-order chi connectivity index (χ1) is 7.31. The maximum absolute atomic E-state index is 5.41. The second-order valence-corrected chi connectivity index (χ2v) is 3.72. The molecule has 2 aromatic rings. The first kappa shape index (κ1) is 10.3. The van der Waals surface area contributed by atoms with Gasteiger partial charge in [-0.15, -0.1) is 10.2 Å². The average Bonchev–Trinajstić information content (AvgIpc) is 2.68. The van der Waals surface area contributed by atoms with Gasteiger partial charge in [0.25, 0.3) is 5.89 Å². The third-order valence-electron chi connectivity index (χ3n) is 1.76. The first-order valence-electron chi connectivity index (χ1n) is 4.39. The molecule has 0 aliphatic carbocycles. The predicted molar refractivity (Wildman–Crippen MR) is 58.0 cm³/mol. The Morgan fingerprint density at radius 2 is 2.33 bits per heavy atom. The Bertz CT molecular complexity index is 457. The second-order valence-electron chi connectivity index (χ2n) is 2.87. The van der Waals surface area contributed by atoms with Gasteiger partial charge in [-0.05, 0) is 35.1 Å². The fraction of sp³-hybridized carbons (Fsp3) is 0.222. The van der Waals surface area contributed by atoms with Crippen LogP contribution in [0, 0.1) is 0 Å². The van der Waals surface area contributed by atoms with Crippen molar-refractivity contribution in [2.45, 2.75) is 6.54 Å². The second kappa shape index (κ2) is 4.50. The predicted octanol–water partition coefficient (Wildman–Crippen LogP) is 1.61. The number of nitrogens with one attached hydrogen (secondary N) is 1. The van der Waals surface area contributed by atoms with Crippen LogP contribution in [0.2, 0.25) is 0 Å². The standard InChI is InChI=1S/C9H9BrN4O/c1-11-5-7-13-14-9(15-7)8-6(10)3-2-4-12-8/h2-4,11H,5H2,1H3. The summed E-state index contributed by atoms with van der Waals surface area (Å²) in [6, 6.07) is 3.71. The van der Waals surface area contributed by atoms with Crippen LogP contribution in [-0.4, -0.2) is 22.2 Å². The van der Waals surface area contributed by atoms with Crippen LogP contribution < -0.4 is 5.32 Å². The summed E-state index contributed by atoms with van der Waals surface area (Å²) in [7, 11) is 1.82. The molecule has 15 heavy (non-hydrogen) atoms. The zero-order chi connectivity index (χ0) is 10.7. The minimum atomic E-state index is 0.424. The van der Waals surface area contributed by atoms with Gasteiger partial charge in [0.2, 0.25) is 5.89 Å². The van der Waals surface area contributed by atoms with E-state index in [0.717, 1.165) is 4.47 Å². The molecule has 0 radical (unpaired) electrons. The van der Waals surface area contributed by atoms with E-state index in [2.05, 4.69) is 36.4 Å². The molecule has 2 heterocycles. The molecule has 0 saturated carbocycles. The van der Waals surface area contributed by atoms with E-state index < -0.39 is 0 Å². The maximum Gasteiger partial charge on any atom is 0.267 e. The van der Waals surface area contributed by atoms with Gasteiger partial charge in [-0.25, -0.2) is 4.98 Å². The van der Waals surface area contributed by atoms with Crippen molar-refractivity contribution in [2.24, 2.45) is 0 Å². The van der Waals surface area contributed by atoms with Crippen LogP contribution in [0.5, 0.6) is 0 Å². The van der Waals surface area contributed by atoms with Crippen LogP contribution in [0.1, 0.15) is 5.89 Å². The van der Waals surface area contributed by atoms with Gasteiger partial charge in [-0.3, -0.25) is 0 Å². The quantitative estimate of drug-likeness (QED) is 0.917. The lowest BCUT2D eigenvalue weighted by Crippen LogP contribution is -2.04. The summed E-state index contributed by atoms with van der Waals surface area (Å²) in [6.07, 6.45) is 1.68. The van der Waals surface area contributed by atoms with Gasteiger partial charge in [0.15, 0.2) is 0 Å². The minimum Gasteiger partial charge on any atom is -0.418 e. The van der Waals surface area contributed by atoms with E-state index in [0.29, 0.717) is 24.0 Å². The van der Waals surface area contributed by atoms with Crippen molar-refractivity contribution in [1.29, 1.82) is 0 Å². The molecule has 78 valence electrons. The molecule has 0 bridgehead atoms. The number of hydrogen-bond donors (Lipinski definition) is 1. The Kier molecular flexibility index (Phi) is 3.08. The van der Waals surface area contributed by atoms with Crippen LogP contribution in [0.3, 0.4) is 0 Å². The Morgan fingerprint density at radius 3 is 3.07 bits per heavy atom.